The Morgan fingerprint density at radius 2 is 1.51 bits per heavy atom. The smallest absolute Gasteiger partial charge is 0.371 e. The number of ether oxygens (including phenoxy) is 2. The van der Waals surface area contributed by atoms with Crippen molar-refractivity contribution in [3.05, 3.63) is 83.2 Å². The van der Waals surface area contributed by atoms with Crippen molar-refractivity contribution < 1.29 is 35.8 Å². The first-order valence-electron chi connectivity index (χ1n) is 12.5. The summed E-state index contributed by atoms with van der Waals surface area (Å²) in [6.45, 7) is 2.04. The van der Waals surface area contributed by atoms with Crippen LogP contribution in [0.15, 0.2) is 54.6 Å². The molecule has 39 heavy (non-hydrogen) atoms. The van der Waals surface area contributed by atoms with Crippen LogP contribution in [0.5, 0.6) is 0 Å². The van der Waals surface area contributed by atoms with Crippen LogP contribution in [-0.4, -0.2) is 41.9 Å². The van der Waals surface area contributed by atoms with Crippen LogP contribution in [0.4, 0.5) is 32.0 Å². The average molecular weight is 547 g/mol. The molecule has 3 heterocycles. The molecule has 0 N–H and O–H groups in total. The highest BCUT2D eigenvalue weighted by molar-refractivity contribution is 5.95. The minimum Gasteiger partial charge on any atom is -0.371 e. The molecule has 3 aromatic carbocycles. The van der Waals surface area contributed by atoms with Crippen molar-refractivity contribution in [2.75, 3.05) is 31.2 Å². The van der Waals surface area contributed by atoms with E-state index in [4.69, 9.17) is 9.47 Å². The van der Waals surface area contributed by atoms with Crippen LogP contribution in [0.2, 0.25) is 0 Å². The molecule has 2 saturated heterocycles. The van der Waals surface area contributed by atoms with Gasteiger partial charge in [0, 0.05) is 60.3 Å². The molecule has 0 aliphatic carbocycles. The Morgan fingerprint density at radius 3 is 2.13 bits per heavy atom. The van der Waals surface area contributed by atoms with Gasteiger partial charge in [-0.15, -0.1) is 0 Å². The van der Waals surface area contributed by atoms with Gasteiger partial charge < -0.3 is 14.4 Å². The lowest BCUT2D eigenvalue weighted by atomic mass is 10.0. The molecule has 1 aromatic heterocycles. The zero-order chi connectivity index (χ0) is 27.4. The van der Waals surface area contributed by atoms with E-state index in [1.165, 1.54) is 12.1 Å². The van der Waals surface area contributed by atoms with E-state index >= 15 is 0 Å². The quantitative estimate of drug-likeness (QED) is 0.273. The fourth-order valence-electron chi connectivity index (χ4n) is 5.39. The van der Waals surface area contributed by atoms with Crippen LogP contribution < -0.4 is 4.90 Å². The first-order chi connectivity index (χ1) is 18.6. The molecule has 6 rings (SSSR count). The van der Waals surface area contributed by atoms with Crippen molar-refractivity contribution in [2.45, 2.75) is 31.3 Å². The molecule has 2 aliphatic rings. The van der Waals surface area contributed by atoms with E-state index in [-0.39, 0.29) is 16.6 Å². The van der Waals surface area contributed by atoms with Crippen molar-refractivity contribution >= 4 is 16.6 Å². The second kappa shape index (κ2) is 9.56. The Labute approximate surface area is 219 Å². The van der Waals surface area contributed by atoms with Crippen molar-refractivity contribution in [2.24, 2.45) is 0 Å². The van der Waals surface area contributed by atoms with E-state index in [9.17, 15) is 26.3 Å². The maximum Gasteiger partial charge on any atom is 0.418 e. The summed E-state index contributed by atoms with van der Waals surface area (Å²) in [5, 5.41) is 4.32. The number of hydrogen-bond acceptors (Lipinski definition) is 4. The van der Waals surface area contributed by atoms with Gasteiger partial charge in [0.15, 0.2) is 5.79 Å². The number of benzene rings is 3. The molecule has 0 atom stereocenters. The third kappa shape index (κ3) is 4.74. The van der Waals surface area contributed by atoms with Gasteiger partial charge in [-0.3, -0.25) is 4.68 Å². The van der Waals surface area contributed by atoms with Crippen molar-refractivity contribution in [3.8, 4) is 11.3 Å². The minimum absolute atomic E-state index is 0.177. The summed E-state index contributed by atoms with van der Waals surface area (Å²) in [4.78, 5) is 2.17. The highest BCUT2D eigenvalue weighted by Crippen LogP contribution is 2.39. The fraction of sp³-hybridized carbons (Fsp3) is 0.321. The van der Waals surface area contributed by atoms with E-state index in [1.807, 2.05) is 12.1 Å². The molecule has 11 heteroatoms. The summed E-state index contributed by atoms with van der Waals surface area (Å²) < 4.78 is 96.6. The van der Waals surface area contributed by atoms with Gasteiger partial charge in [-0.25, -0.2) is 13.2 Å². The van der Waals surface area contributed by atoms with Gasteiger partial charge >= 0.3 is 6.18 Å². The standard InChI is InChI=1S/C28H23F6N3O2/c29-18-14-23(30)21(24(31)15-18)16-37-26(20-2-1-3-22(25(20)35-37)28(32,33)34)17-4-6-19(7-5-17)36-10-8-27(9-11-36)38-12-13-39-27/h1-7,14-15H,8-13,16H2. The molecule has 0 radical (unpaired) electrons. The Morgan fingerprint density at radius 1 is 0.872 bits per heavy atom. The number of nitrogens with zero attached hydrogens (tertiary/aromatic N) is 3. The molecule has 2 fully saturated rings. The van der Waals surface area contributed by atoms with Crippen molar-refractivity contribution in [1.82, 2.24) is 9.78 Å². The minimum atomic E-state index is -4.69. The Kier molecular flexibility index (Phi) is 6.30. The molecule has 204 valence electrons. The number of rotatable bonds is 4. The van der Waals surface area contributed by atoms with Gasteiger partial charge in [-0.1, -0.05) is 24.3 Å². The van der Waals surface area contributed by atoms with Crippen molar-refractivity contribution in [3.63, 3.8) is 0 Å². The number of alkyl halides is 3. The van der Waals surface area contributed by atoms with E-state index < -0.39 is 47.1 Å². The van der Waals surface area contributed by atoms with Gasteiger partial charge in [0.2, 0.25) is 0 Å². The predicted octanol–water partition coefficient (Wildman–Crippen LogP) is 6.53. The number of anilines is 1. The van der Waals surface area contributed by atoms with Gasteiger partial charge in [-0.05, 0) is 18.2 Å². The van der Waals surface area contributed by atoms with E-state index in [0.29, 0.717) is 56.8 Å². The predicted molar refractivity (Wildman–Crippen MR) is 132 cm³/mol. The highest BCUT2D eigenvalue weighted by atomic mass is 19.4. The van der Waals surface area contributed by atoms with Crippen LogP contribution in [-0.2, 0) is 22.2 Å². The number of halogens is 6. The number of piperidine rings is 1. The van der Waals surface area contributed by atoms with Gasteiger partial charge in [0.1, 0.15) is 23.0 Å². The normalized spacial score (nSPS) is 17.4. The van der Waals surface area contributed by atoms with Crippen LogP contribution in [0, 0.1) is 17.5 Å². The summed E-state index contributed by atoms with van der Waals surface area (Å²) in [6.07, 6.45) is -3.27. The van der Waals surface area contributed by atoms with E-state index in [2.05, 4.69) is 10.00 Å². The molecule has 0 amide bonds. The summed E-state index contributed by atoms with van der Waals surface area (Å²) in [6, 6.07) is 11.9. The molecular formula is C28H23F6N3O2. The average Bonchev–Trinajstić information content (AvgIpc) is 3.50. The maximum absolute atomic E-state index is 14.5. The zero-order valence-corrected chi connectivity index (χ0v) is 20.6. The summed E-state index contributed by atoms with van der Waals surface area (Å²) >= 11 is 0. The second-order valence-corrected chi connectivity index (χ2v) is 9.70. The Balaban J connectivity index is 1.39. The maximum atomic E-state index is 14.5. The highest BCUT2D eigenvalue weighted by Gasteiger charge is 2.40. The molecular weight excluding hydrogens is 524 g/mol. The van der Waals surface area contributed by atoms with E-state index in [1.54, 1.807) is 12.1 Å². The van der Waals surface area contributed by atoms with Crippen LogP contribution in [0.25, 0.3) is 22.2 Å². The van der Waals surface area contributed by atoms with Gasteiger partial charge in [0.25, 0.3) is 0 Å². The van der Waals surface area contributed by atoms with Crippen LogP contribution >= 0.6 is 0 Å². The number of aromatic nitrogens is 2. The molecule has 1 spiro atoms. The summed E-state index contributed by atoms with van der Waals surface area (Å²) in [7, 11) is 0. The number of fused-ring (bicyclic) bond motifs is 1. The lowest BCUT2D eigenvalue weighted by molar-refractivity contribution is -0.169. The van der Waals surface area contributed by atoms with Gasteiger partial charge in [0.05, 0.1) is 31.0 Å². The Hall–Kier alpha value is -3.57. The molecule has 5 nitrogen and oxygen atoms in total. The van der Waals surface area contributed by atoms with Gasteiger partial charge in [-0.2, -0.15) is 18.3 Å². The summed E-state index contributed by atoms with van der Waals surface area (Å²) in [5.41, 5.74) is -0.126. The lowest BCUT2D eigenvalue weighted by Gasteiger charge is -2.38. The van der Waals surface area contributed by atoms with Crippen LogP contribution in [0.3, 0.4) is 0 Å². The molecule has 0 bridgehead atoms. The SMILES string of the molecule is Fc1cc(F)c(Cn2nc3c(C(F)(F)F)cccc3c2-c2ccc(N3CCC4(CC3)OCCO4)cc2)c(F)c1. The topological polar surface area (TPSA) is 39.5 Å². The van der Waals surface area contributed by atoms with E-state index in [0.717, 1.165) is 16.4 Å². The fourth-order valence-corrected chi connectivity index (χ4v) is 5.39. The van der Waals surface area contributed by atoms with Crippen LogP contribution in [0.1, 0.15) is 24.0 Å². The third-order valence-electron chi connectivity index (χ3n) is 7.33. The molecule has 0 unspecified atom stereocenters. The third-order valence-corrected chi connectivity index (χ3v) is 7.33. The monoisotopic (exact) mass is 547 g/mol. The first-order valence-corrected chi connectivity index (χ1v) is 12.5. The Bertz CT molecular complexity index is 1490. The molecule has 2 aliphatic heterocycles. The number of hydrogen-bond donors (Lipinski definition) is 0. The second-order valence-electron chi connectivity index (χ2n) is 9.70. The first kappa shape index (κ1) is 25.7. The molecule has 4 aromatic rings. The van der Waals surface area contributed by atoms with Crippen molar-refractivity contribution in [1.29, 1.82) is 0 Å². The summed E-state index contributed by atoms with van der Waals surface area (Å²) in [5.74, 6) is -3.92. The largest absolute Gasteiger partial charge is 0.418 e. The lowest BCUT2D eigenvalue weighted by Crippen LogP contribution is -2.45. The molecule has 0 saturated carbocycles. The zero-order valence-electron chi connectivity index (χ0n) is 20.6.